The van der Waals surface area contributed by atoms with Crippen molar-refractivity contribution in [1.82, 2.24) is 10.2 Å². The maximum absolute atomic E-state index is 12.2. The number of thiophene rings is 1. The van der Waals surface area contributed by atoms with Crippen LogP contribution >= 0.6 is 11.3 Å². The predicted molar refractivity (Wildman–Crippen MR) is 84.4 cm³/mol. The molecule has 1 aromatic heterocycles. The number of hydrogen-bond acceptors (Lipinski definition) is 4. The van der Waals surface area contributed by atoms with Gasteiger partial charge in [-0.1, -0.05) is 26.8 Å². The van der Waals surface area contributed by atoms with E-state index in [1.807, 2.05) is 17.5 Å². The topological polar surface area (TPSA) is 69.6 Å². The van der Waals surface area contributed by atoms with Crippen LogP contribution in [-0.2, 0) is 9.59 Å². The summed E-state index contributed by atoms with van der Waals surface area (Å²) in [5, 5.41) is 14.1. The molecule has 2 unspecified atom stereocenters. The van der Waals surface area contributed by atoms with Crippen molar-refractivity contribution in [3.05, 3.63) is 22.4 Å². The van der Waals surface area contributed by atoms with Crippen LogP contribution in [0.2, 0.25) is 0 Å². The van der Waals surface area contributed by atoms with E-state index in [0.29, 0.717) is 6.42 Å². The Morgan fingerprint density at radius 3 is 2.52 bits per heavy atom. The molecule has 0 bridgehead atoms. The molecule has 118 valence electrons. The zero-order chi connectivity index (χ0) is 16.0. The van der Waals surface area contributed by atoms with E-state index in [4.69, 9.17) is 5.11 Å². The lowest BCUT2D eigenvalue weighted by molar-refractivity contribution is -0.143. The van der Waals surface area contributed by atoms with Gasteiger partial charge < -0.3 is 10.4 Å². The predicted octanol–water partition coefficient (Wildman–Crippen LogP) is 2.36. The Bertz CT molecular complexity index is 459. The molecule has 0 spiro atoms. The van der Waals surface area contributed by atoms with E-state index >= 15 is 0 Å². The van der Waals surface area contributed by atoms with E-state index < -0.39 is 12.0 Å². The second-order valence-electron chi connectivity index (χ2n) is 5.48. The highest BCUT2D eigenvalue weighted by atomic mass is 32.1. The molecule has 2 atom stereocenters. The Morgan fingerprint density at radius 1 is 1.43 bits per heavy atom. The smallest absolute Gasteiger partial charge is 0.320 e. The summed E-state index contributed by atoms with van der Waals surface area (Å²) in [6, 6.07) is 3.31. The monoisotopic (exact) mass is 312 g/mol. The van der Waals surface area contributed by atoms with Gasteiger partial charge in [0.25, 0.3) is 0 Å². The van der Waals surface area contributed by atoms with Gasteiger partial charge in [0.15, 0.2) is 0 Å². The second kappa shape index (κ2) is 8.14. The minimum atomic E-state index is -0.897. The van der Waals surface area contributed by atoms with Crippen LogP contribution in [0.3, 0.4) is 0 Å². The maximum atomic E-state index is 12.2. The van der Waals surface area contributed by atoms with Gasteiger partial charge in [0.2, 0.25) is 5.91 Å². The number of amides is 1. The van der Waals surface area contributed by atoms with Crippen molar-refractivity contribution in [1.29, 1.82) is 0 Å². The Kier molecular flexibility index (Phi) is 6.84. The first-order chi connectivity index (χ1) is 9.86. The molecule has 0 aromatic carbocycles. The van der Waals surface area contributed by atoms with E-state index in [2.05, 4.69) is 19.2 Å². The van der Waals surface area contributed by atoms with Gasteiger partial charge in [0.05, 0.1) is 12.6 Å². The molecule has 1 amide bonds. The van der Waals surface area contributed by atoms with Crippen LogP contribution in [0.25, 0.3) is 0 Å². The fraction of sp³-hybridized carbons (Fsp3) is 0.600. The first-order valence-electron chi connectivity index (χ1n) is 7.12. The average molecular weight is 312 g/mol. The third-order valence-electron chi connectivity index (χ3n) is 3.43. The molecule has 1 rings (SSSR count). The van der Waals surface area contributed by atoms with Gasteiger partial charge in [-0.05, 0) is 30.8 Å². The van der Waals surface area contributed by atoms with Crippen molar-refractivity contribution in [3.8, 4) is 0 Å². The molecule has 0 saturated carbocycles. The third kappa shape index (κ3) is 5.13. The van der Waals surface area contributed by atoms with Crippen LogP contribution in [-0.4, -0.2) is 41.5 Å². The number of hydrogen-bond donors (Lipinski definition) is 2. The van der Waals surface area contributed by atoms with Gasteiger partial charge in [-0.2, -0.15) is 0 Å². The zero-order valence-corrected chi connectivity index (χ0v) is 13.8. The molecule has 21 heavy (non-hydrogen) atoms. The number of carboxylic acids is 1. The number of aliphatic carboxylic acids is 1. The number of rotatable bonds is 8. The van der Waals surface area contributed by atoms with Crippen LogP contribution in [0.1, 0.15) is 38.1 Å². The number of nitrogens with zero attached hydrogens (tertiary/aromatic N) is 1. The molecule has 2 N–H and O–H groups in total. The van der Waals surface area contributed by atoms with Crippen LogP contribution < -0.4 is 5.32 Å². The first kappa shape index (κ1) is 17.7. The molecule has 1 heterocycles. The fourth-order valence-electron chi connectivity index (χ4n) is 2.27. The first-order valence-corrected chi connectivity index (χ1v) is 8.00. The van der Waals surface area contributed by atoms with Crippen LogP contribution in [0, 0.1) is 5.92 Å². The number of carbonyl (C=O) groups excluding carboxylic acids is 1. The lowest BCUT2D eigenvalue weighted by atomic mass is 10.0. The molecule has 0 aliphatic rings. The Labute approximate surface area is 130 Å². The van der Waals surface area contributed by atoms with Gasteiger partial charge in [-0.3, -0.25) is 14.5 Å². The summed E-state index contributed by atoms with van der Waals surface area (Å²) in [4.78, 5) is 26.0. The summed E-state index contributed by atoms with van der Waals surface area (Å²) < 4.78 is 0. The van der Waals surface area contributed by atoms with Crippen LogP contribution in [0.4, 0.5) is 0 Å². The van der Waals surface area contributed by atoms with E-state index in [0.717, 1.165) is 4.88 Å². The summed E-state index contributed by atoms with van der Waals surface area (Å²) in [6.45, 7) is 6.00. The standard InChI is InChI=1S/C15H24N2O3S/c1-5-11(15(19)20)17(4)9-13(18)16-14(10(2)3)12-7-6-8-21-12/h6-8,10-11,14H,5,9H2,1-4H3,(H,16,18)(H,19,20). The Morgan fingerprint density at radius 2 is 2.10 bits per heavy atom. The zero-order valence-electron chi connectivity index (χ0n) is 13.0. The highest BCUT2D eigenvalue weighted by Gasteiger charge is 2.24. The molecule has 0 aliphatic carbocycles. The number of carbonyl (C=O) groups is 2. The second-order valence-corrected chi connectivity index (χ2v) is 6.46. The highest BCUT2D eigenvalue weighted by Crippen LogP contribution is 2.25. The largest absolute Gasteiger partial charge is 0.480 e. The number of likely N-dealkylation sites (N-methyl/N-ethyl adjacent to an activating group) is 1. The summed E-state index contributed by atoms with van der Waals surface area (Å²) in [6.07, 6.45) is 0.470. The SMILES string of the molecule is CCC(C(=O)O)N(C)CC(=O)NC(c1cccs1)C(C)C. The van der Waals surface area contributed by atoms with E-state index in [1.165, 1.54) is 0 Å². The maximum Gasteiger partial charge on any atom is 0.320 e. The molecule has 0 fully saturated rings. The summed E-state index contributed by atoms with van der Waals surface area (Å²) in [5.41, 5.74) is 0. The van der Waals surface area contributed by atoms with Gasteiger partial charge in [0, 0.05) is 4.88 Å². The van der Waals surface area contributed by atoms with Crippen molar-refractivity contribution in [2.24, 2.45) is 5.92 Å². The normalized spacial score (nSPS) is 14.2. The van der Waals surface area contributed by atoms with Gasteiger partial charge in [-0.25, -0.2) is 0 Å². The van der Waals surface area contributed by atoms with Crippen molar-refractivity contribution in [2.45, 2.75) is 39.3 Å². The Hall–Kier alpha value is -1.40. The molecule has 0 aliphatic heterocycles. The number of carboxylic acid groups (broad SMARTS) is 1. The minimum Gasteiger partial charge on any atom is -0.480 e. The molecule has 6 heteroatoms. The van der Waals surface area contributed by atoms with Gasteiger partial charge in [-0.15, -0.1) is 11.3 Å². The lowest BCUT2D eigenvalue weighted by Gasteiger charge is -2.26. The molecular weight excluding hydrogens is 288 g/mol. The van der Waals surface area contributed by atoms with Crippen molar-refractivity contribution in [3.63, 3.8) is 0 Å². The molecule has 1 aromatic rings. The summed E-state index contributed by atoms with van der Waals surface area (Å²) in [7, 11) is 1.66. The molecular formula is C15H24N2O3S. The minimum absolute atomic E-state index is 0.0317. The molecule has 5 nitrogen and oxygen atoms in total. The summed E-state index contributed by atoms with van der Waals surface area (Å²) in [5.74, 6) is -0.768. The fourth-order valence-corrected chi connectivity index (χ4v) is 3.21. The van der Waals surface area contributed by atoms with Gasteiger partial charge in [0.1, 0.15) is 6.04 Å². The quantitative estimate of drug-likeness (QED) is 0.773. The van der Waals surface area contributed by atoms with E-state index in [-0.39, 0.29) is 24.4 Å². The van der Waals surface area contributed by atoms with Crippen LogP contribution in [0.15, 0.2) is 17.5 Å². The average Bonchev–Trinajstić information content (AvgIpc) is 2.89. The Balaban J connectivity index is 2.65. The molecule has 0 radical (unpaired) electrons. The van der Waals surface area contributed by atoms with Crippen molar-refractivity contribution < 1.29 is 14.7 Å². The summed E-state index contributed by atoms with van der Waals surface area (Å²) >= 11 is 1.61. The van der Waals surface area contributed by atoms with Crippen LogP contribution in [0.5, 0.6) is 0 Å². The van der Waals surface area contributed by atoms with E-state index in [1.54, 1.807) is 30.2 Å². The van der Waals surface area contributed by atoms with E-state index in [9.17, 15) is 9.59 Å². The molecule has 0 saturated heterocycles. The van der Waals surface area contributed by atoms with Crippen molar-refractivity contribution in [2.75, 3.05) is 13.6 Å². The van der Waals surface area contributed by atoms with Gasteiger partial charge >= 0.3 is 5.97 Å². The number of nitrogens with one attached hydrogen (secondary N) is 1. The van der Waals surface area contributed by atoms with Crippen molar-refractivity contribution >= 4 is 23.2 Å². The lowest BCUT2D eigenvalue weighted by Crippen LogP contribution is -2.45. The highest BCUT2D eigenvalue weighted by molar-refractivity contribution is 7.10. The third-order valence-corrected chi connectivity index (χ3v) is 4.39.